The fourth-order valence-corrected chi connectivity index (χ4v) is 1.91. The molecule has 0 fully saturated rings. The predicted octanol–water partition coefficient (Wildman–Crippen LogP) is 1.24. The molecule has 0 unspecified atom stereocenters. The third-order valence-electron chi connectivity index (χ3n) is 2.72. The fourth-order valence-electron chi connectivity index (χ4n) is 1.91. The number of hydrogen-bond acceptors (Lipinski definition) is 3. The van der Waals surface area contributed by atoms with Gasteiger partial charge in [0.05, 0.1) is 17.1 Å². The van der Waals surface area contributed by atoms with Gasteiger partial charge in [-0.2, -0.15) is 5.26 Å². The standard InChI is InChI=1S/C13H14N4O/c1-2-12-16-10-5-3-4-6-11(10)17(12)9-13(18)15-8-7-14/h3-6H,2,8-9H2,1H3,(H,15,18). The fraction of sp³-hybridized carbons (Fsp3) is 0.308. The molecule has 18 heavy (non-hydrogen) atoms. The van der Waals surface area contributed by atoms with Gasteiger partial charge in [-0.05, 0) is 12.1 Å². The molecule has 0 atom stereocenters. The second-order valence-corrected chi connectivity index (χ2v) is 3.89. The Morgan fingerprint density at radius 1 is 1.50 bits per heavy atom. The number of benzene rings is 1. The summed E-state index contributed by atoms with van der Waals surface area (Å²) in [6.07, 6.45) is 0.764. The van der Waals surface area contributed by atoms with Crippen LogP contribution in [0.5, 0.6) is 0 Å². The molecule has 5 heteroatoms. The summed E-state index contributed by atoms with van der Waals surface area (Å²) in [7, 11) is 0. The zero-order valence-corrected chi connectivity index (χ0v) is 10.2. The van der Waals surface area contributed by atoms with Crippen LogP contribution in [0.4, 0.5) is 0 Å². The summed E-state index contributed by atoms with van der Waals surface area (Å²) in [5, 5.41) is 11.0. The Kier molecular flexibility index (Phi) is 3.58. The molecule has 2 aromatic rings. The van der Waals surface area contributed by atoms with E-state index in [4.69, 9.17) is 5.26 Å². The Balaban J connectivity index is 2.31. The van der Waals surface area contributed by atoms with Gasteiger partial charge in [0.1, 0.15) is 18.9 Å². The molecule has 0 saturated carbocycles. The third-order valence-corrected chi connectivity index (χ3v) is 2.72. The van der Waals surface area contributed by atoms with Crippen molar-refractivity contribution in [3.63, 3.8) is 0 Å². The topological polar surface area (TPSA) is 70.7 Å². The lowest BCUT2D eigenvalue weighted by Crippen LogP contribution is -2.28. The van der Waals surface area contributed by atoms with Crippen molar-refractivity contribution in [2.45, 2.75) is 19.9 Å². The highest BCUT2D eigenvalue weighted by Crippen LogP contribution is 2.16. The second kappa shape index (κ2) is 5.32. The minimum absolute atomic E-state index is 0.0346. The first-order valence-corrected chi connectivity index (χ1v) is 5.84. The van der Waals surface area contributed by atoms with E-state index in [0.29, 0.717) is 0 Å². The lowest BCUT2D eigenvalue weighted by Gasteiger charge is -2.07. The van der Waals surface area contributed by atoms with Crippen LogP contribution < -0.4 is 5.32 Å². The second-order valence-electron chi connectivity index (χ2n) is 3.89. The Bertz CT molecular complexity index is 609. The number of carbonyl (C=O) groups is 1. The molecule has 1 N–H and O–H groups in total. The number of rotatable bonds is 4. The van der Waals surface area contributed by atoms with Gasteiger partial charge in [0, 0.05) is 6.42 Å². The van der Waals surface area contributed by atoms with Gasteiger partial charge in [0.15, 0.2) is 0 Å². The van der Waals surface area contributed by atoms with Crippen molar-refractivity contribution in [1.29, 1.82) is 5.26 Å². The molecule has 1 heterocycles. The monoisotopic (exact) mass is 242 g/mol. The third kappa shape index (κ3) is 2.33. The number of fused-ring (bicyclic) bond motifs is 1. The Hall–Kier alpha value is -2.35. The van der Waals surface area contributed by atoms with E-state index in [9.17, 15) is 4.79 Å². The van der Waals surface area contributed by atoms with Crippen LogP contribution in [-0.4, -0.2) is 22.0 Å². The smallest absolute Gasteiger partial charge is 0.240 e. The number of aromatic nitrogens is 2. The number of nitriles is 1. The van der Waals surface area contributed by atoms with Gasteiger partial charge in [0.2, 0.25) is 5.91 Å². The van der Waals surface area contributed by atoms with E-state index in [0.717, 1.165) is 23.3 Å². The first-order chi connectivity index (χ1) is 8.76. The van der Waals surface area contributed by atoms with Gasteiger partial charge >= 0.3 is 0 Å². The molecule has 0 aliphatic carbocycles. The maximum atomic E-state index is 11.7. The predicted molar refractivity (Wildman–Crippen MR) is 67.7 cm³/mol. The van der Waals surface area contributed by atoms with Crippen molar-refractivity contribution in [2.24, 2.45) is 0 Å². The van der Waals surface area contributed by atoms with Gasteiger partial charge < -0.3 is 9.88 Å². The molecule has 1 aromatic heterocycles. The Morgan fingerprint density at radius 2 is 2.28 bits per heavy atom. The highest BCUT2D eigenvalue weighted by atomic mass is 16.1. The van der Waals surface area contributed by atoms with Gasteiger partial charge in [-0.1, -0.05) is 19.1 Å². The van der Waals surface area contributed by atoms with E-state index in [2.05, 4.69) is 10.3 Å². The Morgan fingerprint density at radius 3 is 3.00 bits per heavy atom. The van der Waals surface area contributed by atoms with E-state index in [1.165, 1.54) is 0 Å². The average molecular weight is 242 g/mol. The molecule has 0 radical (unpaired) electrons. The molecule has 0 aliphatic heterocycles. The number of imidazole rings is 1. The Labute approximate surface area is 105 Å². The molecule has 5 nitrogen and oxygen atoms in total. The summed E-state index contributed by atoms with van der Waals surface area (Å²) in [4.78, 5) is 16.2. The minimum Gasteiger partial charge on any atom is -0.341 e. The van der Waals surface area contributed by atoms with Crippen LogP contribution in [0.3, 0.4) is 0 Å². The number of nitrogens with zero attached hydrogens (tertiary/aromatic N) is 3. The molecule has 92 valence electrons. The zero-order chi connectivity index (χ0) is 13.0. The van der Waals surface area contributed by atoms with Crippen LogP contribution in [-0.2, 0) is 17.8 Å². The minimum atomic E-state index is -0.172. The van der Waals surface area contributed by atoms with E-state index < -0.39 is 0 Å². The molecule has 0 aliphatic rings. The highest BCUT2D eigenvalue weighted by molar-refractivity contribution is 5.81. The first-order valence-electron chi connectivity index (χ1n) is 5.84. The number of carbonyl (C=O) groups excluding carboxylic acids is 1. The summed E-state index contributed by atoms with van der Waals surface area (Å²) < 4.78 is 1.89. The number of aryl methyl sites for hydroxylation is 1. The van der Waals surface area contributed by atoms with Crippen molar-refractivity contribution < 1.29 is 4.79 Å². The normalized spacial score (nSPS) is 10.2. The zero-order valence-electron chi connectivity index (χ0n) is 10.2. The molecular formula is C13H14N4O. The summed E-state index contributed by atoms with van der Waals surface area (Å²) in [6, 6.07) is 9.61. The molecule has 0 saturated heterocycles. The lowest BCUT2D eigenvalue weighted by molar-refractivity contribution is -0.121. The van der Waals surface area contributed by atoms with Crippen LogP contribution in [0.2, 0.25) is 0 Å². The van der Waals surface area contributed by atoms with E-state index in [1.54, 1.807) is 0 Å². The van der Waals surface area contributed by atoms with Crippen molar-refractivity contribution in [2.75, 3.05) is 6.54 Å². The lowest BCUT2D eigenvalue weighted by atomic mass is 10.3. The average Bonchev–Trinajstić information content (AvgIpc) is 2.75. The van der Waals surface area contributed by atoms with E-state index in [1.807, 2.05) is 41.8 Å². The van der Waals surface area contributed by atoms with Gasteiger partial charge in [-0.3, -0.25) is 4.79 Å². The molecular weight excluding hydrogens is 228 g/mol. The maximum Gasteiger partial charge on any atom is 0.240 e. The van der Waals surface area contributed by atoms with Crippen molar-refractivity contribution >= 4 is 16.9 Å². The van der Waals surface area contributed by atoms with Gasteiger partial charge in [-0.15, -0.1) is 0 Å². The largest absolute Gasteiger partial charge is 0.341 e. The van der Waals surface area contributed by atoms with Crippen molar-refractivity contribution in [3.8, 4) is 6.07 Å². The number of para-hydroxylation sites is 2. The van der Waals surface area contributed by atoms with Crippen LogP contribution >= 0.6 is 0 Å². The quantitative estimate of drug-likeness (QED) is 0.820. The summed E-state index contributed by atoms with van der Waals surface area (Å²) in [5.41, 5.74) is 1.84. The summed E-state index contributed by atoms with van der Waals surface area (Å²) in [6.45, 7) is 2.24. The van der Waals surface area contributed by atoms with E-state index in [-0.39, 0.29) is 19.0 Å². The first kappa shape index (κ1) is 12.1. The molecule has 0 bridgehead atoms. The van der Waals surface area contributed by atoms with Gasteiger partial charge in [-0.25, -0.2) is 4.98 Å². The van der Waals surface area contributed by atoms with Crippen LogP contribution in [0.25, 0.3) is 11.0 Å². The maximum absolute atomic E-state index is 11.7. The van der Waals surface area contributed by atoms with Crippen LogP contribution in [0.1, 0.15) is 12.7 Å². The SMILES string of the molecule is CCc1nc2ccccc2n1CC(=O)NCC#N. The highest BCUT2D eigenvalue weighted by Gasteiger charge is 2.11. The summed E-state index contributed by atoms with van der Waals surface area (Å²) in [5.74, 6) is 0.706. The molecule has 1 amide bonds. The number of nitrogens with one attached hydrogen (secondary N) is 1. The molecule has 1 aromatic carbocycles. The van der Waals surface area contributed by atoms with E-state index >= 15 is 0 Å². The van der Waals surface area contributed by atoms with Crippen LogP contribution in [0.15, 0.2) is 24.3 Å². The van der Waals surface area contributed by atoms with Crippen molar-refractivity contribution in [1.82, 2.24) is 14.9 Å². The van der Waals surface area contributed by atoms with Crippen molar-refractivity contribution in [3.05, 3.63) is 30.1 Å². The molecule has 0 spiro atoms. The van der Waals surface area contributed by atoms with Crippen LogP contribution in [0, 0.1) is 11.3 Å². The summed E-state index contributed by atoms with van der Waals surface area (Å²) >= 11 is 0. The van der Waals surface area contributed by atoms with Gasteiger partial charge in [0.25, 0.3) is 0 Å². The molecule has 2 rings (SSSR count). The number of hydrogen-bond donors (Lipinski definition) is 1. The number of amides is 1.